The number of amides is 1. The summed E-state index contributed by atoms with van der Waals surface area (Å²) >= 11 is 0. The molecular weight excluding hydrogens is 238 g/mol. The van der Waals surface area contributed by atoms with Crippen molar-refractivity contribution >= 4 is 11.8 Å². The first-order chi connectivity index (χ1) is 8.41. The Morgan fingerprint density at radius 1 is 1.50 bits per heavy atom. The summed E-state index contributed by atoms with van der Waals surface area (Å²) in [6.45, 7) is 4.17. The van der Waals surface area contributed by atoms with Gasteiger partial charge in [-0.3, -0.25) is 14.9 Å². The lowest BCUT2D eigenvalue weighted by Gasteiger charge is -2.26. The van der Waals surface area contributed by atoms with E-state index < -0.39 is 22.3 Å². The van der Waals surface area contributed by atoms with Gasteiger partial charge in [0.25, 0.3) is 5.91 Å². The number of hydrogen-bond acceptors (Lipinski definition) is 5. The molecule has 1 aromatic rings. The topological polar surface area (TPSA) is 111 Å². The first-order valence-corrected chi connectivity index (χ1v) is 5.73. The van der Waals surface area contributed by atoms with Gasteiger partial charge in [-0.1, -0.05) is 13.8 Å². The third-order valence-corrected chi connectivity index (χ3v) is 3.00. The summed E-state index contributed by atoms with van der Waals surface area (Å²) in [6, 6.07) is 2.41. The van der Waals surface area contributed by atoms with Crippen molar-refractivity contribution in [3.05, 3.63) is 28.0 Å². The fraction of sp³-hybridized carbons (Fsp3) is 0.545. The van der Waals surface area contributed by atoms with Crippen molar-refractivity contribution in [2.75, 3.05) is 6.54 Å². The molecule has 0 radical (unpaired) electrons. The van der Waals surface area contributed by atoms with Crippen LogP contribution in [0.3, 0.4) is 0 Å². The van der Waals surface area contributed by atoms with Gasteiger partial charge in [-0.25, -0.2) is 0 Å². The van der Waals surface area contributed by atoms with Crippen LogP contribution in [-0.4, -0.2) is 22.9 Å². The van der Waals surface area contributed by atoms with Crippen molar-refractivity contribution in [3.63, 3.8) is 0 Å². The molecule has 0 bridgehead atoms. The van der Waals surface area contributed by atoms with Gasteiger partial charge in [0.05, 0.1) is 6.07 Å². The zero-order valence-corrected chi connectivity index (χ0v) is 10.4. The highest BCUT2D eigenvalue weighted by Gasteiger charge is 2.23. The first kappa shape index (κ1) is 14.2. The summed E-state index contributed by atoms with van der Waals surface area (Å²) in [5.74, 6) is -1.04. The molecule has 0 aliphatic heterocycles. The van der Waals surface area contributed by atoms with Crippen LogP contribution in [0.5, 0.6) is 0 Å². The van der Waals surface area contributed by atoms with Crippen LogP contribution in [-0.2, 0) is 0 Å². The smallest absolute Gasteiger partial charge is 0.395 e. The van der Waals surface area contributed by atoms with Crippen LogP contribution in [0, 0.1) is 10.1 Å². The zero-order valence-electron chi connectivity index (χ0n) is 10.4. The molecule has 3 N–H and O–H groups in total. The summed E-state index contributed by atoms with van der Waals surface area (Å²) in [6.07, 6.45) is 1.45. The van der Waals surface area contributed by atoms with E-state index in [1.807, 2.05) is 13.8 Å². The summed E-state index contributed by atoms with van der Waals surface area (Å²) in [5.41, 5.74) is 5.56. The molecule has 0 fully saturated rings. The number of furan rings is 1. The van der Waals surface area contributed by atoms with E-state index in [0.29, 0.717) is 6.54 Å². The van der Waals surface area contributed by atoms with Crippen molar-refractivity contribution in [3.8, 4) is 0 Å². The monoisotopic (exact) mass is 255 g/mol. The second kappa shape index (κ2) is 5.63. The number of nitrogens with one attached hydrogen (secondary N) is 1. The molecule has 0 saturated heterocycles. The van der Waals surface area contributed by atoms with Crippen LogP contribution < -0.4 is 11.1 Å². The lowest BCUT2D eigenvalue weighted by atomic mass is 9.94. The average molecular weight is 255 g/mol. The molecule has 7 nitrogen and oxygen atoms in total. The molecule has 1 aromatic heterocycles. The Bertz CT molecular complexity index is 437. The fourth-order valence-electron chi connectivity index (χ4n) is 1.39. The Balaban J connectivity index is 2.62. The van der Waals surface area contributed by atoms with E-state index in [-0.39, 0.29) is 5.76 Å². The lowest BCUT2D eigenvalue weighted by Crippen LogP contribution is -2.49. The van der Waals surface area contributed by atoms with E-state index in [1.165, 1.54) is 6.07 Å². The number of rotatable bonds is 6. The Morgan fingerprint density at radius 2 is 2.11 bits per heavy atom. The van der Waals surface area contributed by atoms with Gasteiger partial charge in [-0.15, -0.1) is 0 Å². The lowest BCUT2D eigenvalue weighted by molar-refractivity contribution is -0.402. The molecule has 0 atom stereocenters. The maximum absolute atomic E-state index is 11.7. The molecule has 1 heterocycles. The minimum atomic E-state index is -0.692. The third-order valence-electron chi connectivity index (χ3n) is 3.00. The molecule has 1 amide bonds. The molecule has 0 aromatic carbocycles. The highest BCUT2D eigenvalue weighted by molar-refractivity contribution is 5.91. The van der Waals surface area contributed by atoms with Gasteiger partial charge in [0.1, 0.15) is 4.92 Å². The van der Waals surface area contributed by atoms with Crippen LogP contribution >= 0.6 is 0 Å². The van der Waals surface area contributed by atoms with E-state index in [0.717, 1.165) is 18.9 Å². The van der Waals surface area contributed by atoms with Crippen LogP contribution in [0.1, 0.15) is 37.2 Å². The van der Waals surface area contributed by atoms with E-state index in [2.05, 4.69) is 5.32 Å². The molecule has 18 heavy (non-hydrogen) atoms. The predicted octanol–water partition coefficient (Wildman–Crippen LogP) is 1.44. The zero-order chi connectivity index (χ0) is 13.8. The number of nitro groups is 1. The van der Waals surface area contributed by atoms with Gasteiger partial charge in [-0.2, -0.15) is 0 Å². The van der Waals surface area contributed by atoms with E-state index in [1.54, 1.807) is 0 Å². The van der Waals surface area contributed by atoms with Crippen molar-refractivity contribution in [2.24, 2.45) is 5.73 Å². The van der Waals surface area contributed by atoms with Gasteiger partial charge in [0, 0.05) is 12.1 Å². The van der Waals surface area contributed by atoms with Gasteiger partial charge in [-0.05, 0) is 18.9 Å². The van der Waals surface area contributed by atoms with Crippen LogP contribution in [0.4, 0.5) is 5.88 Å². The molecule has 7 heteroatoms. The molecule has 1 rings (SSSR count). The Morgan fingerprint density at radius 3 is 2.56 bits per heavy atom. The molecule has 100 valence electrons. The number of nitrogens with zero attached hydrogens (tertiary/aromatic N) is 1. The maximum atomic E-state index is 11.7. The van der Waals surface area contributed by atoms with Crippen LogP contribution in [0.25, 0.3) is 0 Å². The van der Waals surface area contributed by atoms with Gasteiger partial charge in [0.2, 0.25) is 0 Å². The molecular formula is C11H17N3O4. The van der Waals surface area contributed by atoms with Gasteiger partial charge < -0.3 is 15.5 Å². The number of carbonyl (C=O) groups is 1. The summed E-state index contributed by atoms with van der Waals surface area (Å²) in [5, 5.41) is 13.0. The molecule has 0 spiro atoms. The Labute approximate surface area is 104 Å². The van der Waals surface area contributed by atoms with Gasteiger partial charge >= 0.3 is 5.88 Å². The number of hydrogen-bond donors (Lipinski definition) is 2. The minimum absolute atomic E-state index is 0.0868. The fourth-order valence-corrected chi connectivity index (χ4v) is 1.39. The largest absolute Gasteiger partial charge is 0.433 e. The summed E-state index contributed by atoms with van der Waals surface area (Å²) < 4.78 is 4.79. The van der Waals surface area contributed by atoms with Gasteiger partial charge in [0.15, 0.2) is 5.76 Å². The Hall–Kier alpha value is -1.89. The average Bonchev–Trinajstić information content (AvgIpc) is 2.85. The standard InChI is InChI=1S/C11H17N3O4/c1-3-11(12,4-2)7-13-10(15)8-5-6-9(18-8)14(16)17/h5-6H,3-4,7,12H2,1-2H3,(H,13,15). The molecule has 0 aliphatic carbocycles. The van der Waals surface area contributed by atoms with Crippen LogP contribution in [0.2, 0.25) is 0 Å². The molecule has 0 aliphatic rings. The normalized spacial score (nSPS) is 11.3. The first-order valence-electron chi connectivity index (χ1n) is 5.73. The highest BCUT2D eigenvalue weighted by atomic mass is 16.6. The van der Waals surface area contributed by atoms with Crippen molar-refractivity contribution in [1.82, 2.24) is 5.32 Å². The van der Waals surface area contributed by atoms with Crippen molar-refractivity contribution in [2.45, 2.75) is 32.2 Å². The number of carbonyl (C=O) groups excluding carboxylic acids is 1. The predicted molar refractivity (Wildman–Crippen MR) is 65.2 cm³/mol. The minimum Gasteiger partial charge on any atom is -0.395 e. The Kier molecular flexibility index (Phi) is 4.43. The van der Waals surface area contributed by atoms with Crippen molar-refractivity contribution < 1.29 is 14.1 Å². The van der Waals surface area contributed by atoms with E-state index in [9.17, 15) is 14.9 Å². The quantitative estimate of drug-likeness (QED) is 0.590. The summed E-state index contributed by atoms with van der Waals surface area (Å²) in [7, 11) is 0. The molecule has 0 unspecified atom stereocenters. The van der Waals surface area contributed by atoms with E-state index >= 15 is 0 Å². The SMILES string of the molecule is CCC(N)(CC)CNC(=O)c1ccc([N+](=O)[O-])o1. The highest BCUT2D eigenvalue weighted by Crippen LogP contribution is 2.16. The molecule has 0 saturated carbocycles. The third kappa shape index (κ3) is 3.30. The number of nitrogens with two attached hydrogens (primary N) is 1. The maximum Gasteiger partial charge on any atom is 0.433 e. The van der Waals surface area contributed by atoms with Crippen LogP contribution in [0.15, 0.2) is 16.5 Å². The second-order valence-electron chi connectivity index (χ2n) is 4.15. The van der Waals surface area contributed by atoms with E-state index in [4.69, 9.17) is 10.2 Å². The second-order valence-corrected chi connectivity index (χ2v) is 4.15. The van der Waals surface area contributed by atoms with Crippen molar-refractivity contribution in [1.29, 1.82) is 0 Å². The summed E-state index contributed by atoms with van der Waals surface area (Å²) in [4.78, 5) is 21.4.